The number of hydrogen-bond donors (Lipinski definition) is 1. The van der Waals surface area contributed by atoms with Gasteiger partial charge in [-0.2, -0.15) is 18.3 Å². The second-order valence-corrected chi connectivity index (χ2v) is 11.4. The Morgan fingerprint density at radius 3 is 2.60 bits per heavy atom. The molecule has 2 aliphatic rings. The maximum Gasteiger partial charge on any atom is 0.405 e. The number of para-hydroxylation sites is 1. The lowest BCUT2D eigenvalue weighted by atomic mass is 9.94. The number of rotatable bonds is 9. The Bertz CT molecular complexity index is 1370. The molecule has 3 atom stereocenters. The van der Waals surface area contributed by atoms with Crippen LogP contribution >= 0.6 is 0 Å². The van der Waals surface area contributed by atoms with Crippen LogP contribution in [0.15, 0.2) is 67.1 Å². The van der Waals surface area contributed by atoms with Crippen LogP contribution in [0.3, 0.4) is 0 Å². The molecule has 1 amide bonds. The number of aromatic nitrogens is 3. The maximum atomic E-state index is 13.2. The number of carbonyl (C=O) groups is 2. The minimum atomic E-state index is -4.53. The van der Waals surface area contributed by atoms with Gasteiger partial charge in [0.2, 0.25) is 5.91 Å². The number of esters is 1. The van der Waals surface area contributed by atoms with Crippen LogP contribution in [-0.2, 0) is 26.3 Å². The maximum absolute atomic E-state index is 13.2. The average Bonchev–Trinajstić information content (AvgIpc) is 3.60. The smallest absolute Gasteiger partial charge is 0.405 e. The van der Waals surface area contributed by atoms with Crippen molar-refractivity contribution in [3.63, 3.8) is 0 Å². The number of nitrogens with zero attached hydrogens (tertiary/aromatic N) is 5. The van der Waals surface area contributed by atoms with Crippen LogP contribution in [-0.4, -0.2) is 87.5 Å². The fraction of sp³-hybridized carbons (Fsp3) is 0.467. The molecular formula is C30H35F3N6O3. The van der Waals surface area contributed by atoms with Crippen molar-refractivity contribution in [2.75, 3.05) is 32.7 Å². The van der Waals surface area contributed by atoms with Crippen LogP contribution in [0.5, 0.6) is 0 Å². The molecule has 2 fully saturated rings. The molecule has 2 saturated heterocycles. The number of nitrogens with one attached hydrogen (secondary N) is 1. The van der Waals surface area contributed by atoms with E-state index in [1.807, 2.05) is 73.5 Å². The monoisotopic (exact) mass is 584 g/mol. The van der Waals surface area contributed by atoms with E-state index < -0.39 is 36.3 Å². The summed E-state index contributed by atoms with van der Waals surface area (Å²) in [4.78, 5) is 33.8. The van der Waals surface area contributed by atoms with Crippen LogP contribution in [0.25, 0.3) is 5.69 Å². The number of hydrogen-bond acceptors (Lipinski definition) is 7. The normalized spacial score (nSPS) is 22.2. The van der Waals surface area contributed by atoms with E-state index in [9.17, 15) is 22.8 Å². The molecular weight excluding hydrogens is 549 g/mol. The van der Waals surface area contributed by atoms with Crippen molar-refractivity contribution in [1.29, 1.82) is 0 Å². The minimum Gasteiger partial charge on any atom is -0.461 e. The highest BCUT2D eigenvalue weighted by atomic mass is 19.4. The molecule has 2 aliphatic heterocycles. The van der Waals surface area contributed by atoms with Crippen molar-refractivity contribution >= 4 is 11.9 Å². The highest BCUT2D eigenvalue weighted by Gasteiger charge is 2.43. The van der Waals surface area contributed by atoms with Gasteiger partial charge in [0.1, 0.15) is 18.7 Å². The van der Waals surface area contributed by atoms with Gasteiger partial charge in [0.05, 0.1) is 22.8 Å². The van der Waals surface area contributed by atoms with E-state index in [4.69, 9.17) is 9.84 Å². The second-order valence-electron chi connectivity index (χ2n) is 11.4. The predicted octanol–water partition coefficient (Wildman–Crippen LogP) is 3.34. The first kappa shape index (κ1) is 29.7. The first-order chi connectivity index (χ1) is 20.0. The Morgan fingerprint density at radius 2 is 1.88 bits per heavy atom. The molecule has 5 rings (SSSR count). The molecule has 0 aliphatic carbocycles. The summed E-state index contributed by atoms with van der Waals surface area (Å²) in [5, 5.41) is 6.84. The van der Waals surface area contributed by atoms with Gasteiger partial charge in [-0.25, -0.2) is 4.68 Å². The summed E-state index contributed by atoms with van der Waals surface area (Å²) in [6.45, 7) is 3.99. The van der Waals surface area contributed by atoms with Crippen LogP contribution in [0.1, 0.15) is 31.5 Å². The number of piperazine rings is 1. The van der Waals surface area contributed by atoms with Gasteiger partial charge in [-0.3, -0.25) is 24.4 Å². The molecule has 1 unspecified atom stereocenters. The Balaban J connectivity index is 1.29. The average molecular weight is 585 g/mol. The van der Waals surface area contributed by atoms with Crippen LogP contribution in [0.4, 0.5) is 13.2 Å². The minimum absolute atomic E-state index is 0.189. The molecule has 0 bridgehead atoms. The molecule has 3 aromatic rings. The van der Waals surface area contributed by atoms with E-state index >= 15 is 0 Å². The Labute approximate surface area is 242 Å². The summed E-state index contributed by atoms with van der Waals surface area (Å²) in [5.74, 6) is -1.36. The third-order valence-corrected chi connectivity index (χ3v) is 8.09. The van der Waals surface area contributed by atoms with Gasteiger partial charge < -0.3 is 10.1 Å². The number of alkyl halides is 3. The molecule has 9 nitrogen and oxygen atoms in total. The Morgan fingerprint density at radius 1 is 1.10 bits per heavy atom. The number of amides is 1. The van der Waals surface area contributed by atoms with Crippen LogP contribution < -0.4 is 5.32 Å². The lowest BCUT2D eigenvalue weighted by molar-refractivity contribution is -0.148. The molecule has 0 saturated carbocycles. The van der Waals surface area contributed by atoms with E-state index in [2.05, 4.69) is 15.2 Å². The zero-order chi connectivity index (χ0) is 29.9. The van der Waals surface area contributed by atoms with Crippen molar-refractivity contribution in [3.8, 4) is 5.69 Å². The first-order valence-electron chi connectivity index (χ1n) is 14.0. The molecule has 0 radical (unpaired) electrons. The molecule has 4 heterocycles. The van der Waals surface area contributed by atoms with Crippen molar-refractivity contribution in [1.82, 2.24) is 29.9 Å². The lowest BCUT2D eigenvalue weighted by Gasteiger charge is -2.47. The van der Waals surface area contributed by atoms with Gasteiger partial charge in [-0.05, 0) is 56.5 Å². The molecule has 0 spiro atoms. The van der Waals surface area contributed by atoms with Gasteiger partial charge in [0, 0.05) is 44.8 Å². The number of ether oxygens (including phenoxy) is 1. The number of carbonyl (C=O) groups excluding carboxylic acids is 2. The number of halogens is 3. The summed E-state index contributed by atoms with van der Waals surface area (Å²) in [6.07, 6.45) is 1.22. The van der Waals surface area contributed by atoms with Gasteiger partial charge in [-0.1, -0.05) is 24.3 Å². The quantitative estimate of drug-likeness (QED) is 0.386. The Kier molecular flexibility index (Phi) is 8.65. The van der Waals surface area contributed by atoms with Crippen molar-refractivity contribution in [3.05, 3.63) is 78.4 Å². The highest BCUT2D eigenvalue weighted by Crippen LogP contribution is 2.31. The molecule has 1 aromatic carbocycles. The van der Waals surface area contributed by atoms with Gasteiger partial charge in [0.15, 0.2) is 0 Å². The van der Waals surface area contributed by atoms with Gasteiger partial charge >= 0.3 is 12.1 Å². The highest BCUT2D eigenvalue weighted by molar-refractivity contribution is 5.82. The number of cyclic esters (lactones) is 1. The Hall–Kier alpha value is -3.77. The van der Waals surface area contributed by atoms with Crippen molar-refractivity contribution in [2.45, 2.75) is 50.6 Å². The lowest BCUT2D eigenvalue weighted by Crippen LogP contribution is -2.63. The summed E-state index contributed by atoms with van der Waals surface area (Å²) in [6, 6.07) is 14.4. The number of benzene rings is 1. The van der Waals surface area contributed by atoms with Crippen LogP contribution in [0.2, 0.25) is 0 Å². The first-order valence-corrected chi connectivity index (χ1v) is 14.0. The van der Waals surface area contributed by atoms with E-state index in [1.165, 1.54) is 0 Å². The standard InChI is InChI=1S/C30H35F3N6O3/c1-29(2,26-10-12-39(36-26)23-8-4-3-5-9-23)38-14-13-37(25(19-38)27(40)35-20-30(31,32)33)18-24-16-22(28(41)42-24)15-21-7-6-11-34-17-21/h3-12,17,22,24-25H,13-16,18-20H2,1-2H3,(H,35,40)/t22?,24-,25-/m0/s1. The van der Waals surface area contributed by atoms with E-state index in [-0.39, 0.29) is 25.0 Å². The topological polar surface area (TPSA) is 92.6 Å². The fourth-order valence-corrected chi connectivity index (χ4v) is 5.70. The van der Waals surface area contributed by atoms with E-state index in [0.29, 0.717) is 25.9 Å². The zero-order valence-electron chi connectivity index (χ0n) is 23.6. The van der Waals surface area contributed by atoms with Crippen molar-refractivity contribution < 1.29 is 27.5 Å². The van der Waals surface area contributed by atoms with Gasteiger partial charge in [-0.15, -0.1) is 0 Å². The fourth-order valence-electron chi connectivity index (χ4n) is 5.70. The largest absolute Gasteiger partial charge is 0.461 e. The van der Waals surface area contributed by atoms with E-state index in [1.54, 1.807) is 17.1 Å². The summed E-state index contributed by atoms with van der Waals surface area (Å²) in [5.41, 5.74) is 2.00. The molecule has 1 N–H and O–H groups in total. The molecule has 2 aromatic heterocycles. The molecule has 42 heavy (non-hydrogen) atoms. The summed E-state index contributed by atoms with van der Waals surface area (Å²) < 4.78 is 46.4. The molecule has 224 valence electrons. The van der Waals surface area contributed by atoms with Gasteiger partial charge in [0.25, 0.3) is 0 Å². The second kappa shape index (κ2) is 12.2. The molecule has 12 heteroatoms. The SMILES string of the molecule is CC(C)(c1ccn(-c2ccccc2)n1)N1CCN(C[C@@H]2CC(Cc3cccnc3)C(=O)O2)[C@H](C(=O)NCC(F)(F)F)C1. The van der Waals surface area contributed by atoms with Crippen molar-refractivity contribution in [2.24, 2.45) is 5.92 Å². The summed E-state index contributed by atoms with van der Waals surface area (Å²) in [7, 11) is 0. The van der Waals surface area contributed by atoms with Crippen LogP contribution in [0, 0.1) is 5.92 Å². The third kappa shape index (κ3) is 6.99. The predicted molar refractivity (Wildman–Crippen MR) is 149 cm³/mol. The zero-order valence-corrected chi connectivity index (χ0v) is 23.6. The summed E-state index contributed by atoms with van der Waals surface area (Å²) >= 11 is 0. The number of pyridine rings is 1. The van der Waals surface area contributed by atoms with E-state index in [0.717, 1.165) is 16.9 Å². The third-order valence-electron chi connectivity index (χ3n) is 8.09.